The molecule has 0 radical (unpaired) electrons. The molecule has 134 valence electrons. The zero-order chi connectivity index (χ0) is 18.3. The minimum atomic E-state index is -0.324. The van der Waals surface area contributed by atoms with Crippen LogP contribution in [0.25, 0.3) is 0 Å². The Hall–Kier alpha value is -2.25. The molecule has 1 aliphatic rings. The summed E-state index contributed by atoms with van der Waals surface area (Å²) in [6, 6.07) is 6.09. The van der Waals surface area contributed by atoms with E-state index < -0.39 is 0 Å². The smallest absolute Gasteiger partial charge is 0.262 e. The molecule has 26 heavy (non-hydrogen) atoms. The van der Waals surface area contributed by atoms with Crippen LogP contribution >= 0.6 is 22.9 Å². The number of hydrogen-bond donors (Lipinski definition) is 1. The zero-order valence-corrected chi connectivity index (χ0v) is 15.6. The molecule has 1 saturated carbocycles. The summed E-state index contributed by atoms with van der Waals surface area (Å²) in [4.78, 5) is 17.1. The molecule has 8 heteroatoms. The Morgan fingerprint density at radius 3 is 2.81 bits per heavy atom. The Morgan fingerprint density at radius 2 is 2.12 bits per heavy atom. The summed E-state index contributed by atoms with van der Waals surface area (Å²) >= 11 is 7.80. The van der Waals surface area contributed by atoms with Crippen molar-refractivity contribution in [2.45, 2.75) is 32.2 Å². The molecule has 1 N–H and O–H groups in total. The number of anilines is 1. The van der Waals surface area contributed by atoms with Gasteiger partial charge in [0.1, 0.15) is 11.0 Å². The molecule has 0 bridgehead atoms. The number of halogens is 2. The summed E-state index contributed by atoms with van der Waals surface area (Å²) in [5.74, 6) is -0.0826. The van der Waals surface area contributed by atoms with E-state index in [1.807, 2.05) is 5.38 Å². The van der Waals surface area contributed by atoms with E-state index in [0.717, 1.165) is 24.1 Å². The lowest BCUT2D eigenvalue weighted by Gasteiger charge is -2.04. The average molecular weight is 391 g/mol. The van der Waals surface area contributed by atoms with E-state index in [-0.39, 0.29) is 16.9 Å². The molecule has 1 aliphatic carbocycles. The molecule has 4 rings (SSSR count). The van der Waals surface area contributed by atoms with Crippen molar-refractivity contribution >= 4 is 34.0 Å². The van der Waals surface area contributed by atoms with Crippen molar-refractivity contribution in [1.29, 1.82) is 0 Å². The molecule has 2 aromatic heterocycles. The lowest BCUT2D eigenvalue weighted by molar-refractivity contribution is 0.102. The Balaban J connectivity index is 1.52. The number of aromatic nitrogens is 3. The second-order valence-electron chi connectivity index (χ2n) is 6.34. The van der Waals surface area contributed by atoms with Crippen molar-refractivity contribution in [2.75, 3.05) is 5.32 Å². The SMILES string of the molecule is Cc1nn(Cc2ccc(F)cc2)c(Cl)c1C(=O)Nc1nc(C2CC2)cs1. The molecule has 0 atom stereocenters. The van der Waals surface area contributed by atoms with E-state index in [9.17, 15) is 9.18 Å². The molecule has 1 aromatic carbocycles. The van der Waals surface area contributed by atoms with Crippen LogP contribution in [0.3, 0.4) is 0 Å². The first kappa shape index (κ1) is 17.2. The van der Waals surface area contributed by atoms with Crippen LogP contribution in [0.4, 0.5) is 9.52 Å². The van der Waals surface area contributed by atoms with Gasteiger partial charge in [0.15, 0.2) is 5.13 Å². The van der Waals surface area contributed by atoms with E-state index in [2.05, 4.69) is 15.4 Å². The summed E-state index contributed by atoms with van der Waals surface area (Å²) < 4.78 is 14.6. The van der Waals surface area contributed by atoms with Gasteiger partial charge in [-0.15, -0.1) is 11.3 Å². The van der Waals surface area contributed by atoms with Gasteiger partial charge in [-0.05, 0) is 37.5 Å². The number of carbonyl (C=O) groups excluding carboxylic acids is 1. The molecule has 0 saturated heterocycles. The quantitative estimate of drug-likeness (QED) is 0.691. The molecule has 0 aliphatic heterocycles. The highest BCUT2D eigenvalue weighted by molar-refractivity contribution is 7.14. The molecule has 3 aromatic rings. The van der Waals surface area contributed by atoms with E-state index in [0.29, 0.717) is 28.9 Å². The molecule has 0 unspecified atom stereocenters. The van der Waals surface area contributed by atoms with Gasteiger partial charge in [-0.1, -0.05) is 23.7 Å². The van der Waals surface area contributed by atoms with Gasteiger partial charge in [0, 0.05) is 11.3 Å². The van der Waals surface area contributed by atoms with E-state index in [4.69, 9.17) is 11.6 Å². The number of aryl methyl sites for hydroxylation is 1. The number of carbonyl (C=O) groups is 1. The predicted molar refractivity (Wildman–Crippen MR) is 99.5 cm³/mol. The first-order valence-corrected chi connectivity index (χ1v) is 9.51. The minimum absolute atomic E-state index is 0.253. The summed E-state index contributed by atoms with van der Waals surface area (Å²) in [6.45, 7) is 2.09. The number of hydrogen-bond acceptors (Lipinski definition) is 4. The van der Waals surface area contributed by atoms with E-state index in [1.54, 1.807) is 19.1 Å². The van der Waals surface area contributed by atoms with Gasteiger partial charge < -0.3 is 0 Å². The molecular weight excluding hydrogens is 375 g/mol. The second kappa shape index (κ2) is 6.81. The number of benzene rings is 1. The maximum Gasteiger partial charge on any atom is 0.262 e. The van der Waals surface area contributed by atoms with Crippen LogP contribution in [0.5, 0.6) is 0 Å². The lowest BCUT2D eigenvalue weighted by Crippen LogP contribution is -2.13. The number of rotatable bonds is 5. The second-order valence-corrected chi connectivity index (χ2v) is 7.56. The van der Waals surface area contributed by atoms with Crippen LogP contribution in [-0.2, 0) is 6.54 Å². The third-order valence-electron chi connectivity index (χ3n) is 4.28. The highest BCUT2D eigenvalue weighted by Gasteiger charge is 2.27. The number of thiazole rings is 1. The van der Waals surface area contributed by atoms with Gasteiger partial charge >= 0.3 is 0 Å². The van der Waals surface area contributed by atoms with Crippen molar-refractivity contribution in [2.24, 2.45) is 0 Å². The van der Waals surface area contributed by atoms with E-state index in [1.165, 1.54) is 28.2 Å². The van der Waals surface area contributed by atoms with Crippen LogP contribution in [-0.4, -0.2) is 20.7 Å². The molecule has 1 fully saturated rings. The number of nitrogens with zero attached hydrogens (tertiary/aromatic N) is 3. The maximum atomic E-state index is 13.0. The largest absolute Gasteiger partial charge is 0.298 e. The summed E-state index contributed by atoms with van der Waals surface area (Å²) in [7, 11) is 0. The highest BCUT2D eigenvalue weighted by Crippen LogP contribution is 2.41. The molecule has 2 heterocycles. The monoisotopic (exact) mass is 390 g/mol. The Bertz CT molecular complexity index is 962. The fourth-order valence-electron chi connectivity index (χ4n) is 2.75. The topological polar surface area (TPSA) is 59.8 Å². The van der Waals surface area contributed by atoms with Gasteiger partial charge in [0.25, 0.3) is 5.91 Å². The van der Waals surface area contributed by atoms with Crippen LogP contribution in [0.15, 0.2) is 29.6 Å². The summed E-state index contributed by atoms with van der Waals surface area (Å²) in [6.07, 6.45) is 2.33. The van der Waals surface area contributed by atoms with Crippen LogP contribution < -0.4 is 5.32 Å². The summed E-state index contributed by atoms with van der Waals surface area (Å²) in [5, 5.41) is 9.96. The Labute approximate surface area is 158 Å². The minimum Gasteiger partial charge on any atom is -0.298 e. The maximum absolute atomic E-state index is 13.0. The first-order valence-electron chi connectivity index (χ1n) is 8.25. The Kier molecular flexibility index (Phi) is 4.50. The van der Waals surface area contributed by atoms with Gasteiger partial charge in [-0.2, -0.15) is 5.10 Å². The highest BCUT2D eigenvalue weighted by atomic mass is 35.5. The standard InChI is InChI=1S/C18H16ClFN4OS/c1-10-15(17(25)22-18-21-14(9-26-18)12-4-5-12)16(19)24(23-10)8-11-2-6-13(20)7-3-11/h2-3,6-7,9,12H,4-5,8H2,1H3,(H,21,22,25). The fourth-order valence-corrected chi connectivity index (χ4v) is 3.86. The first-order chi connectivity index (χ1) is 12.5. The van der Waals surface area contributed by atoms with E-state index >= 15 is 0 Å². The van der Waals surface area contributed by atoms with Crippen molar-refractivity contribution < 1.29 is 9.18 Å². The average Bonchev–Trinajstić information content (AvgIpc) is 3.29. The number of nitrogens with one attached hydrogen (secondary N) is 1. The van der Waals surface area contributed by atoms with Crippen LogP contribution in [0.2, 0.25) is 5.15 Å². The normalized spacial score (nSPS) is 13.8. The van der Waals surface area contributed by atoms with Crippen molar-refractivity contribution in [1.82, 2.24) is 14.8 Å². The van der Waals surface area contributed by atoms with Gasteiger partial charge in [0.05, 0.1) is 23.5 Å². The predicted octanol–water partition coefficient (Wildman–Crippen LogP) is 4.62. The van der Waals surface area contributed by atoms with Crippen LogP contribution in [0, 0.1) is 12.7 Å². The van der Waals surface area contributed by atoms with Crippen molar-refractivity contribution in [3.63, 3.8) is 0 Å². The van der Waals surface area contributed by atoms with Crippen molar-refractivity contribution in [3.8, 4) is 0 Å². The fraction of sp³-hybridized carbons (Fsp3) is 0.278. The summed E-state index contributed by atoms with van der Waals surface area (Å²) in [5.41, 5.74) is 2.75. The van der Waals surface area contributed by atoms with Gasteiger partial charge in [0.2, 0.25) is 0 Å². The van der Waals surface area contributed by atoms with Crippen molar-refractivity contribution in [3.05, 3.63) is 63.1 Å². The van der Waals surface area contributed by atoms with Gasteiger partial charge in [-0.3, -0.25) is 10.1 Å². The molecule has 1 amide bonds. The molecular formula is C18H16ClFN4OS. The third-order valence-corrected chi connectivity index (χ3v) is 5.44. The van der Waals surface area contributed by atoms with Gasteiger partial charge in [-0.25, -0.2) is 14.1 Å². The Morgan fingerprint density at radius 1 is 1.38 bits per heavy atom. The number of amides is 1. The molecule has 5 nitrogen and oxygen atoms in total. The zero-order valence-electron chi connectivity index (χ0n) is 14.0. The van der Waals surface area contributed by atoms with Crippen LogP contribution in [0.1, 0.15) is 46.1 Å². The third kappa shape index (κ3) is 3.50. The lowest BCUT2D eigenvalue weighted by atomic mass is 10.2. The molecule has 0 spiro atoms.